The van der Waals surface area contributed by atoms with Gasteiger partial charge in [-0.3, -0.25) is 19.4 Å². The molecule has 3 aliphatic heterocycles. The third-order valence-electron chi connectivity index (χ3n) is 8.23. The molecule has 0 spiro atoms. The average Bonchev–Trinajstić information content (AvgIpc) is 3.67. The van der Waals surface area contributed by atoms with E-state index in [1.807, 2.05) is 52.4 Å². The molecular formula is C29H32N4O3S. The van der Waals surface area contributed by atoms with Crippen molar-refractivity contribution in [3.8, 4) is 0 Å². The molecule has 3 saturated heterocycles. The molecule has 37 heavy (non-hydrogen) atoms. The monoisotopic (exact) mass is 516 g/mol. The summed E-state index contributed by atoms with van der Waals surface area (Å²) in [6.45, 7) is 1.37. The molecule has 2 aromatic heterocycles. The summed E-state index contributed by atoms with van der Waals surface area (Å²) in [6, 6.07) is 12.8. The lowest BCUT2D eigenvalue weighted by atomic mass is 9.99. The van der Waals surface area contributed by atoms with Gasteiger partial charge in [0.2, 0.25) is 11.8 Å². The maximum atomic E-state index is 13.9. The Balaban J connectivity index is 1.17. The normalized spacial score (nSPS) is 26.1. The van der Waals surface area contributed by atoms with Crippen LogP contribution >= 0.6 is 11.3 Å². The summed E-state index contributed by atoms with van der Waals surface area (Å²) >= 11 is 1.44. The summed E-state index contributed by atoms with van der Waals surface area (Å²) in [5.41, 5.74) is 1.16. The zero-order valence-corrected chi connectivity index (χ0v) is 21.7. The molecule has 0 saturated carbocycles. The summed E-state index contributed by atoms with van der Waals surface area (Å²) in [5, 5.41) is 4.06. The van der Waals surface area contributed by atoms with Crippen LogP contribution in [0.4, 0.5) is 0 Å². The molecule has 3 aliphatic rings. The van der Waals surface area contributed by atoms with Crippen molar-refractivity contribution in [1.29, 1.82) is 0 Å². The standard InChI is InChI=1S/C29H32N4O3S/c34-27(26-16-19-6-1-4-10-25(19)37-26)31-23-9-3-2-8-22-11-12-24(33(22)28(23)35)29(36)32-15-13-21(18-32)20-7-5-14-30-17-20/h1,4-7,10,14,16-17,21-24H,2-3,8-9,11-13,15,18H2,(H,31,34)/t21?,22-,23-,24-/m0/s1. The van der Waals surface area contributed by atoms with Gasteiger partial charge in [-0.1, -0.05) is 37.1 Å². The minimum atomic E-state index is -0.601. The lowest BCUT2D eigenvalue weighted by molar-refractivity contribution is -0.146. The van der Waals surface area contributed by atoms with Gasteiger partial charge in [0.05, 0.1) is 4.88 Å². The third kappa shape index (κ3) is 4.75. The lowest BCUT2D eigenvalue weighted by Crippen LogP contribution is -2.56. The van der Waals surface area contributed by atoms with Crippen molar-refractivity contribution in [2.45, 2.75) is 69.0 Å². The van der Waals surface area contributed by atoms with Gasteiger partial charge in [-0.2, -0.15) is 0 Å². The van der Waals surface area contributed by atoms with E-state index >= 15 is 0 Å². The second kappa shape index (κ2) is 10.2. The first kappa shape index (κ1) is 24.1. The zero-order valence-electron chi connectivity index (χ0n) is 20.8. The highest BCUT2D eigenvalue weighted by Crippen LogP contribution is 2.35. The Bertz CT molecular complexity index is 1280. The van der Waals surface area contributed by atoms with Crippen molar-refractivity contribution >= 4 is 39.1 Å². The SMILES string of the molecule is O=C(N[C@H]1CCCC[C@H]2CC[C@@H](C(=O)N3CCC(c4cccnc4)C3)N2C1=O)c1cc2ccccc2s1. The second-order valence-corrected chi connectivity index (χ2v) is 11.6. The highest BCUT2D eigenvalue weighted by molar-refractivity contribution is 7.20. The van der Waals surface area contributed by atoms with Crippen LogP contribution in [0.5, 0.6) is 0 Å². The van der Waals surface area contributed by atoms with Gasteiger partial charge in [0, 0.05) is 42.1 Å². The van der Waals surface area contributed by atoms with Crippen molar-refractivity contribution in [2.75, 3.05) is 13.1 Å². The molecule has 7 nitrogen and oxygen atoms in total. The quantitative estimate of drug-likeness (QED) is 0.559. The summed E-state index contributed by atoms with van der Waals surface area (Å²) in [7, 11) is 0. The average molecular weight is 517 g/mol. The molecule has 0 bridgehead atoms. The van der Waals surface area contributed by atoms with Gasteiger partial charge in [0.15, 0.2) is 0 Å². The van der Waals surface area contributed by atoms with E-state index in [1.165, 1.54) is 11.3 Å². The minimum Gasteiger partial charge on any atom is -0.340 e. The van der Waals surface area contributed by atoms with Crippen LogP contribution in [-0.2, 0) is 9.59 Å². The predicted molar refractivity (Wildman–Crippen MR) is 143 cm³/mol. The number of amides is 3. The third-order valence-corrected chi connectivity index (χ3v) is 9.35. The molecule has 5 heterocycles. The molecule has 3 fully saturated rings. The van der Waals surface area contributed by atoms with E-state index in [0.717, 1.165) is 47.8 Å². The van der Waals surface area contributed by atoms with Gasteiger partial charge >= 0.3 is 0 Å². The molecule has 0 radical (unpaired) electrons. The number of carbonyl (C=O) groups excluding carboxylic acids is 3. The van der Waals surface area contributed by atoms with Gasteiger partial charge in [-0.25, -0.2) is 0 Å². The van der Waals surface area contributed by atoms with Crippen LogP contribution in [-0.4, -0.2) is 63.7 Å². The minimum absolute atomic E-state index is 0.0531. The first-order chi connectivity index (χ1) is 18.1. The molecule has 0 aliphatic carbocycles. The molecule has 1 unspecified atom stereocenters. The van der Waals surface area contributed by atoms with Gasteiger partial charge < -0.3 is 15.1 Å². The lowest BCUT2D eigenvalue weighted by Gasteiger charge is -2.36. The molecule has 1 aromatic carbocycles. The van der Waals surface area contributed by atoms with Crippen LogP contribution in [0, 0.1) is 0 Å². The number of rotatable bonds is 4. The highest BCUT2D eigenvalue weighted by Gasteiger charge is 2.46. The fourth-order valence-electron chi connectivity index (χ4n) is 6.29. The van der Waals surface area contributed by atoms with Crippen LogP contribution in [0.3, 0.4) is 0 Å². The van der Waals surface area contributed by atoms with E-state index in [4.69, 9.17) is 0 Å². The summed E-state index contributed by atoms with van der Waals surface area (Å²) in [4.78, 5) is 49.4. The number of nitrogens with one attached hydrogen (secondary N) is 1. The molecule has 1 N–H and O–H groups in total. The van der Waals surface area contributed by atoms with Crippen molar-refractivity contribution in [3.05, 3.63) is 65.3 Å². The summed E-state index contributed by atoms with van der Waals surface area (Å²) in [6.07, 6.45) is 9.52. The Morgan fingerprint density at radius 2 is 1.86 bits per heavy atom. The number of benzene rings is 1. The predicted octanol–water partition coefficient (Wildman–Crippen LogP) is 4.34. The number of aromatic nitrogens is 1. The number of hydrogen-bond acceptors (Lipinski definition) is 5. The maximum Gasteiger partial charge on any atom is 0.262 e. The van der Waals surface area contributed by atoms with E-state index in [0.29, 0.717) is 30.8 Å². The fraction of sp³-hybridized carbons (Fsp3) is 0.448. The number of thiophene rings is 1. The summed E-state index contributed by atoms with van der Waals surface area (Å²) < 4.78 is 1.05. The van der Waals surface area contributed by atoms with Crippen LogP contribution in [0.25, 0.3) is 10.1 Å². The van der Waals surface area contributed by atoms with Crippen molar-refractivity contribution in [3.63, 3.8) is 0 Å². The molecular weight excluding hydrogens is 484 g/mol. The van der Waals surface area contributed by atoms with Gasteiger partial charge in [-0.05, 0) is 61.3 Å². The van der Waals surface area contributed by atoms with E-state index in [9.17, 15) is 14.4 Å². The number of fused-ring (bicyclic) bond motifs is 2. The number of carbonyl (C=O) groups is 3. The largest absolute Gasteiger partial charge is 0.340 e. The maximum absolute atomic E-state index is 13.9. The van der Waals surface area contributed by atoms with Crippen LogP contribution in [0.15, 0.2) is 54.9 Å². The molecule has 192 valence electrons. The molecule has 8 heteroatoms. The van der Waals surface area contributed by atoms with Crippen LogP contribution in [0.1, 0.15) is 66.1 Å². The highest BCUT2D eigenvalue weighted by atomic mass is 32.1. The number of nitrogens with zero attached hydrogens (tertiary/aromatic N) is 3. The number of hydrogen-bond donors (Lipinski definition) is 1. The first-order valence-electron chi connectivity index (χ1n) is 13.4. The van der Waals surface area contributed by atoms with Gasteiger partial charge in [0.25, 0.3) is 5.91 Å². The topological polar surface area (TPSA) is 82.6 Å². The van der Waals surface area contributed by atoms with E-state index in [2.05, 4.69) is 16.4 Å². The Morgan fingerprint density at radius 1 is 1.00 bits per heavy atom. The van der Waals surface area contributed by atoms with E-state index in [-0.39, 0.29) is 29.7 Å². The molecule has 4 atom stereocenters. The number of likely N-dealkylation sites (tertiary alicyclic amines) is 1. The van der Waals surface area contributed by atoms with Crippen molar-refractivity contribution in [2.24, 2.45) is 0 Å². The van der Waals surface area contributed by atoms with E-state index < -0.39 is 12.1 Å². The molecule has 6 rings (SSSR count). The molecule has 3 amide bonds. The molecule has 3 aromatic rings. The number of pyridine rings is 1. The zero-order chi connectivity index (χ0) is 25.4. The smallest absolute Gasteiger partial charge is 0.262 e. The Morgan fingerprint density at radius 3 is 2.70 bits per heavy atom. The van der Waals surface area contributed by atoms with E-state index in [1.54, 1.807) is 6.20 Å². The first-order valence-corrected chi connectivity index (χ1v) is 14.2. The second-order valence-electron chi connectivity index (χ2n) is 10.5. The fourth-order valence-corrected chi connectivity index (χ4v) is 7.26. The van der Waals surface area contributed by atoms with Crippen molar-refractivity contribution in [1.82, 2.24) is 20.1 Å². The van der Waals surface area contributed by atoms with Crippen LogP contribution < -0.4 is 5.32 Å². The van der Waals surface area contributed by atoms with Crippen molar-refractivity contribution < 1.29 is 14.4 Å². The summed E-state index contributed by atoms with van der Waals surface area (Å²) in [5.74, 6) is 0.0271. The Hall–Kier alpha value is -3.26. The Labute approximate surface area is 220 Å². The van der Waals surface area contributed by atoms with Gasteiger partial charge in [-0.15, -0.1) is 11.3 Å². The van der Waals surface area contributed by atoms with Crippen LogP contribution in [0.2, 0.25) is 0 Å². The Kier molecular flexibility index (Phi) is 6.67. The van der Waals surface area contributed by atoms with Gasteiger partial charge in [0.1, 0.15) is 12.1 Å².